The van der Waals surface area contributed by atoms with E-state index in [0.717, 1.165) is 37.3 Å². The van der Waals surface area contributed by atoms with E-state index in [1.807, 2.05) is 24.0 Å². The lowest BCUT2D eigenvalue weighted by Crippen LogP contribution is -2.37. The summed E-state index contributed by atoms with van der Waals surface area (Å²) in [5.74, 6) is -1.02. The number of unbranched alkanes of at least 4 members (excludes halogenated alkanes) is 1. The Labute approximate surface area is 244 Å². The van der Waals surface area contributed by atoms with Crippen molar-refractivity contribution in [2.75, 3.05) is 22.5 Å². The number of ether oxygens (including phenoxy) is 2. The van der Waals surface area contributed by atoms with Gasteiger partial charge in [0.25, 0.3) is 0 Å². The highest BCUT2D eigenvalue weighted by atomic mass is 79.9. The number of fused-ring (bicyclic) bond motifs is 1. The minimum atomic E-state index is -3.75. The molecular weight excluding hydrogens is 600 g/mol. The fourth-order valence-electron chi connectivity index (χ4n) is 4.66. The van der Waals surface area contributed by atoms with E-state index in [1.54, 1.807) is 39.0 Å². The lowest BCUT2D eigenvalue weighted by Gasteiger charge is -2.36. The first-order valence-electron chi connectivity index (χ1n) is 13.2. The number of sulfone groups is 1. The molecule has 0 aromatic heterocycles. The van der Waals surface area contributed by atoms with Crippen LogP contribution < -0.4 is 15.0 Å². The summed E-state index contributed by atoms with van der Waals surface area (Å²) in [6.45, 7) is 9.94. The summed E-state index contributed by atoms with van der Waals surface area (Å²) in [7, 11) is -3.75. The molecule has 0 radical (unpaired) electrons. The van der Waals surface area contributed by atoms with Gasteiger partial charge in [-0.2, -0.15) is 0 Å². The number of carbonyl (C=O) groups is 2. The molecule has 1 amide bonds. The number of carboxylic acid groups (broad SMARTS) is 1. The number of aliphatic carboxylic acids is 1. The molecule has 1 heterocycles. The van der Waals surface area contributed by atoms with Crippen molar-refractivity contribution in [2.24, 2.45) is 5.41 Å². The maximum atomic E-state index is 13.9. The zero-order chi connectivity index (χ0) is 29.7. The van der Waals surface area contributed by atoms with Crippen LogP contribution in [0.2, 0.25) is 0 Å². The van der Waals surface area contributed by atoms with Crippen LogP contribution >= 0.6 is 15.9 Å². The molecule has 0 saturated carbocycles. The third kappa shape index (κ3) is 8.00. The Kier molecular flexibility index (Phi) is 9.94. The number of carbonyl (C=O) groups excluding carboxylic acids is 1. The summed E-state index contributed by atoms with van der Waals surface area (Å²) >= 11 is 3.47. The molecule has 3 rings (SSSR count). The third-order valence-corrected chi connectivity index (χ3v) is 9.28. The number of anilines is 3. The van der Waals surface area contributed by atoms with Gasteiger partial charge in [-0.05, 0) is 79.9 Å². The second-order valence-corrected chi connectivity index (χ2v) is 13.8. The number of hydrogen-bond acceptors (Lipinski definition) is 7. The van der Waals surface area contributed by atoms with Crippen molar-refractivity contribution in [2.45, 2.75) is 70.8 Å². The van der Waals surface area contributed by atoms with E-state index in [9.17, 15) is 18.0 Å². The highest BCUT2D eigenvalue weighted by Gasteiger charge is 2.42. The van der Waals surface area contributed by atoms with Gasteiger partial charge in [0.1, 0.15) is 11.4 Å². The molecule has 9 nitrogen and oxygen atoms in total. The maximum absolute atomic E-state index is 13.9. The van der Waals surface area contributed by atoms with Crippen LogP contribution in [0.5, 0.6) is 5.75 Å². The molecule has 0 spiro atoms. The first-order valence-corrected chi connectivity index (χ1v) is 15.6. The zero-order valence-electron chi connectivity index (χ0n) is 23.5. The molecule has 2 aromatic rings. The normalized spacial score (nSPS) is 18.6. The fraction of sp³-hybridized carbons (Fsp3) is 0.448. The van der Waals surface area contributed by atoms with E-state index in [4.69, 9.17) is 14.6 Å². The van der Waals surface area contributed by atoms with Gasteiger partial charge in [-0.25, -0.2) is 18.0 Å². The average Bonchev–Trinajstić information content (AvgIpc) is 2.94. The van der Waals surface area contributed by atoms with E-state index in [2.05, 4.69) is 28.2 Å². The van der Waals surface area contributed by atoms with Gasteiger partial charge in [-0.1, -0.05) is 26.7 Å². The van der Waals surface area contributed by atoms with Gasteiger partial charge in [0, 0.05) is 29.4 Å². The van der Waals surface area contributed by atoms with Crippen LogP contribution in [0.4, 0.5) is 21.9 Å². The van der Waals surface area contributed by atoms with E-state index >= 15 is 0 Å². The topological polar surface area (TPSA) is 122 Å². The number of nitrogens with zero attached hydrogens (tertiary/aromatic N) is 1. The quantitative estimate of drug-likeness (QED) is 0.217. The molecule has 1 unspecified atom stereocenters. The zero-order valence-corrected chi connectivity index (χ0v) is 25.9. The van der Waals surface area contributed by atoms with Gasteiger partial charge in [-0.15, -0.1) is 0 Å². The lowest BCUT2D eigenvalue weighted by molar-refractivity contribution is -0.131. The molecule has 218 valence electrons. The van der Waals surface area contributed by atoms with E-state index in [0.29, 0.717) is 28.8 Å². The number of carboxylic acids is 1. The van der Waals surface area contributed by atoms with Crippen LogP contribution in [0.15, 0.2) is 58.1 Å². The monoisotopic (exact) mass is 636 g/mol. The number of amides is 1. The molecule has 1 aliphatic heterocycles. The van der Waals surface area contributed by atoms with Crippen molar-refractivity contribution >= 4 is 54.9 Å². The molecule has 0 aliphatic carbocycles. The lowest BCUT2D eigenvalue weighted by atomic mass is 9.81. The molecule has 2 aromatic carbocycles. The molecule has 40 heavy (non-hydrogen) atoms. The minimum absolute atomic E-state index is 0.0235. The van der Waals surface area contributed by atoms with Crippen LogP contribution in [0.25, 0.3) is 0 Å². The number of halogens is 1. The predicted molar refractivity (Wildman–Crippen MR) is 159 cm³/mol. The highest BCUT2D eigenvalue weighted by Crippen LogP contribution is 2.47. The SMILES string of the molecule is CCCCC1(CC)CN(c2ccc(NC(=O)OC(C)(C)C)cc2)c2cc(Br)c(O/C=C/C(=O)O)cc2S(=O)(=O)C1. The Bertz CT molecular complexity index is 1370. The standard InChI is InChI=1S/C29H37BrN2O7S/c1-6-8-14-29(7-2)18-32(21-11-9-20(10-12-21)31-27(35)39-28(3,4)5)23-16-22(30)24(38-15-13-26(33)34)17-25(23)40(36,37)19-29/h9-13,15-17H,6-8,14,18-19H2,1-5H3,(H,31,35)(H,33,34)/b15-13+. The fourth-order valence-corrected chi connectivity index (χ4v) is 7.26. The highest BCUT2D eigenvalue weighted by molar-refractivity contribution is 9.10. The smallest absolute Gasteiger partial charge is 0.412 e. The molecule has 0 bridgehead atoms. The second-order valence-electron chi connectivity index (χ2n) is 11.0. The van der Waals surface area contributed by atoms with Gasteiger partial charge in [-0.3, -0.25) is 5.32 Å². The van der Waals surface area contributed by atoms with Crippen molar-refractivity contribution in [1.29, 1.82) is 0 Å². The summed E-state index contributed by atoms with van der Waals surface area (Å²) in [4.78, 5) is 25.2. The largest absolute Gasteiger partial charge is 0.478 e. The minimum Gasteiger partial charge on any atom is -0.478 e. The first kappa shape index (κ1) is 31.5. The molecule has 2 N–H and O–H groups in total. The van der Waals surface area contributed by atoms with Crippen LogP contribution in [-0.2, 0) is 19.4 Å². The average molecular weight is 638 g/mol. The third-order valence-electron chi connectivity index (χ3n) is 6.67. The van der Waals surface area contributed by atoms with Gasteiger partial charge in [0.05, 0.1) is 33.1 Å². The molecule has 1 aliphatic rings. The van der Waals surface area contributed by atoms with Crippen molar-refractivity contribution in [1.82, 2.24) is 0 Å². The van der Waals surface area contributed by atoms with Crippen LogP contribution in [-0.4, -0.2) is 43.5 Å². The second kappa shape index (κ2) is 12.6. The van der Waals surface area contributed by atoms with Crippen molar-refractivity contribution in [3.8, 4) is 5.75 Å². The Morgan fingerprint density at radius 2 is 1.85 bits per heavy atom. The number of hydrogen-bond donors (Lipinski definition) is 2. The number of benzene rings is 2. The molecule has 11 heteroatoms. The Hall–Kier alpha value is -3.05. The van der Waals surface area contributed by atoms with Crippen LogP contribution in [0.3, 0.4) is 0 Å². The van der Waals surface area contributed by atoms with Crippen molar-refractivity contribution < 1.29 is 32.6 Å². The molecule has 0 saturated heterocycles. The molecule has 0 fully saturated rings. The number of nitrogens with one attached hydrogen (secondary N) is 1. The van der Waals surface area contributed by atoms with Gasteiger partial charge in [0.15, 0.2) is 9.84 Å². The number of rotatable bonds is 9. The van der Waals surface area contributed by atoms with Gasteiger partial charge < -0.3 is 19.5 Å². The maximum Gasteiger partial charge on any atom is 0.412 e. The van der Waals surface area contributed by atoms with Crippen molar-refractivity contribution in [3.63, 3.8) is 0 Å². The summed E-state index contributed by atoms with van der Waals surface area (Å²) in [5, 5.41) is 11.6. The predicted octanol–water partition coefficient (Wildman–Crippen LogP) is 7.29. The summed E-state index contributed by atoms with van der Waals surface area (Å²) < 4.78 is 39.0. The van der Waals surface area contributed by atoms with E-state index < -0.39 is 32.9 Å². The molecular formula is C29H37BrN2O7S. The summed E-state index contributed by atoms with van der Waals surface area (Å²) in [6, 6.07) is 10.3. The van der Waals surface area contributed by atoms with Crippen LogP contribution in [0.1, 0.15) is 60.3 Å². The van der Waals surface area contributed by atoms with Gasteiger partial charge in [0.2, 0.25) is 0 Å². The summed E-state index contributed by atoms with van der Waals surface area (Å²) in [6.07, 6.45) is 4.52. The van der Waals surface area contributed by atoms with E-state index in [1.165, 1.54) is 6.07 Å². The first-order chi connectivity index (χ1) is 18.7. The Morgan fingerprint density at radius 1 is 1.18 bits per heavy atom. The van der Waals surface area contributed by atoms with Gasteiger partial charge >= 0.3 is 12.1 Å². The Morgan fingerprint density at radius 3 is 2.42 bits per heavy atom. The molecule has 1 atom stereocenters. The summed E-state index contributed by atoms with van der Waals surface area (Å²) in [5.41, 5.74) is 0.656. The Balaban J connectivity index is 2.09. The van der Waals surface area contributed by atoms with Crippen LogP contribution in [0, 0.1) is 5.41 Å². The van der Waals surface area contributed by atoms with E-state index in [-0.39, 0.29) is 16.4 Å². The van der Waals surface area contributed by atoms with Crippen molar-refractivity contribution in [3.05, 3.63) is 53.2 Å².